The zero-order chi connectivity index (χ0) is 22.9. The number of piperidine rings is 1. The van der Waals surface area contributed by atoms with Gasteiger partial charge in [-0.15, -0.1) is 0 Å². The van der Waals surface area contributed by atoms with Crippen LogP contribution in [0.1, 0.15) is 40.7 Å². The van der Waals surface area contributed by atoms with Gasteiger partial charge in [0.05, 0.1) is 26.9 Å². The topological polar surface area (TPSA) is 68.2 Å². The fourth-order valence-corrected chi connectivity index (χ4v) is 5.12. The van der Waals surface area contributed by atoms with Crippen LogP contribution in [0, 0.1) is 5.92 Å². The highest BCUT2D eigenvalue weighted by molar-refractivity contribution is 6.30. The molecule has 6 nitrogen and oxygen atoms in total. The van der Waals surface area contributed by atoms with Gasteiger partial charge in [0.15, 0.2) is 17.3 Å². The van der Waals surface area contributed by atoms with Crippen molar-refractivity contribution in [3.8, 4) is 17.2 Å². The maximum atomic E-state index is 13.4. The van der Waals surface area contributed by atoms with E-state index in [0.717, 1.165) is 37.1 Å². The van der Waals surface area contributed by atoms with Crippen LogP contribution in [-0.2, 0) is 12.0 Å². The predicted octanol–water partition coefficient (Wildman–Crippen LogP) is 4.09. The number of aliphatic hydroxyl groups is 1. The lowest BCUT2D eigenvalue weighted by Gasteiger charge is -2.40. The van der Waals surface area contributed by atoms with Gasteiger partial charge < -0.3 is 24.2 Å². The standard InChI is InChI=1S/C25H30ClNO5/c1-30-21-14-20-19(23(31-2)24(21)32-3)9-4-16(22(20)28)15-27-12-10-25(29,11-13-27)17-5-7-18(26)8-6-17/h5-8,14,16,29H,4,9-13,15H2,1-3H3. The molecule has 1 aliphatic heterocycles. The fourth-order valence-electron chi connectivity index (χ4n) is 4.99. The second-order valence-corrected chi connectivity index (χ2v) is 9.05. The fraction of sp³-hybridized carbons (Fsp3) is 0.480. The highest BCUT2D eigenvalue weighted by Crippen LogP contribution is 2.45. The molecular weight excluding hydrogens is 430 g/mol. The first-order chi connectivity index (χ1) is 15.4. The maximum Gasteiger partial charge on any atom is 0.203 e. The van der Waals surface area contributed by atoms with Crippen LogP contribution in [0.5, 0.6) is 17.2 Å². The summed E-state index contributed by atoms with van der Waals surface area (Å²) in [7, 11) is 4.72. The normalized spacial score (nSPS) is 20.5. The third-order valence-electron chi connectivity index (χ3n) is 6.86. The molecule has 0 bridgehead atoms. The van der Waals surface area contributed by atoms with Gasteiger partial charge >= 0.3 is 0 Å². The van der Waals surface area contributed by atoms with E-state index in [0.29, 0.717) is 47.2 Å². The molecular formula is C25H30ClNO5. The van der Waals surface area contributed by atoms with Crippen LogP contribution in [-0.4, -0.2) is 56.8 Å². The Balaban J connectivity index is 1.46. The van der Waals surface area contributed by atoms with Crippen LogP contribution in [0.4, 0.5) is 0 Å². The largest absolute Gasteiger partial charge is 0.493 e. The zero-order valence-electron chi connectivity index (χ0n) is 18.8. The molecule has 2 aromatic rings. The quantitative estimate of drug-likeness (QED) is 0.701. The molecule has 2 aromatic carbocycles. The number of nitrogens with zero attached hydrogens (tertiary/aromatic N) is 1. The van der Waals surface area contributed by atoms with Crippen molar-refractivity contribution in [3.05, 3.63) is 52.0 Å². The van der Waals surface area contributed by atoms with Crippen LogP contribution in [0.3, 0.4) is 0 Å². The lowest BCUT2D eigenvalue weighted by molar-refractivity contribution is -0.0283. The van der Waals surface area contributed by atoms with Gasteiger partial charge in [0.2, 0.25) is 5.75 Å². The molecule has 1 heterocycles. The van der Waals surface area contributed by atoms with Gasteiger partial charge in [0, 0.05) is 41.7 Å². The molecule has 172 valence electrons. The van der Waals surface area contributed by atoms with Crippen molar-refractivity contribution >= 4 is 17.4 Å². The van der Waals surface area contributed by atoms with Gasteiger partial charge in [0.25, 0.3) is 0 Å². The maximum absolute atomic E-state index is 13.4. The van der Waals surface area contributed by atoms with Crippen molar-refractivity contribution in [2.24, 2.45) is 5.92 Å². The van der Waals surface area contributed by atoms with Crippen LogP contribution in [0.25, 0.3) is 0 Å². The van der Waals surface area contributed by atoms with Gasteiger partial charge in [-0.1, -0.05) is 23.7 Å². The molecule has 0 amide bonds. The number of rotatable bonds is 6. The van der Waals surface area contributed by atoms with E-state index in [1.54, 1.807) is 27.4 Å². The van der Waals surface area contributed by atoms with Crippen LogP contribution < -0.4 is 14.2 Å². The average molecular weight is 460 g/mol. The summed E-state index contributed by atoms with van der Waals surface area (Å²) in [4.78, 5) is 15.7. The predicted molar refractivity (Wildman–Crippen MR) is 123 cm³/mol. The number of fused-ring (bicyclic) bond motifs is 1. The number of Topliss-reactive ketones (excluding diaryl/α,β-unsaturated/α-hetero) is 1. The van der Waals surface area contributed by atoms with Crippen molar-refractivity contribution in [2.75, 3.05) is 41.0 Å². The number of benzene rings is 2. The first kappa shape index (κ1) is 22.9. The van der Waals surface area contributed by atoms with Gasteiger partial charge in [0.1, 0.15) is 0 Å². The number of hydrogen-bond donors (Lipinski definition) is 1. The number of halogens is 1. The van der Waals surface area contributed by atoms with Crippen LogP contribution in [0.15, 0.2) is 30.3 Å². The van der Waals surface area contributed by atoms with Crippen molar-refractivity contribution in [1.29, 1.82) is 0 Å². The summed E-state index contributed by atoms with van der Waals surface area (Å²) < 4.78 is 16.5. The van der Waals surface area contributed by atoms with Crippen molar-refractivity contribution in [3.63, 3.8) is 0 Å². The number of carbonyl (C=O) groups excluding carboxylic acids is 1. The molecule has 0 radical (unpaired) electrons. The molecule has 32 heavy (non-hydrogen) atoms. The lowest BCUT2D eigenvalue weighted by atomic mass is 9.80. The molecule has 1 fully saturated rings. The van der Waals surface area contributed by atoms with E-state index in [9.17, 15) is 9.90 Å². The Labute approximate surface area is 194 Å². The Hall–Kier alpha value is -2.28. The number of methoxy groups -OCH3 is 3. The van der Waals surface area contributed by atoms with Crippen molar-refractivity contribution in [2.45, 2.75) is 31.3 Å². The summed E-state index contributed by atoms with van der Waals surface area (Å²) in [5, 5.41) is 11.8. The Morgan fingerprint density at radius 3 is 2.31 bits per heavy atom. The molecule has 4 rings (SSSR count). The van der Waals surface area contributed by atoms with Gasteiger partial charge in [-0.25, -0.2) is 0 Å². The number of likely N-dealkylation sites (tertiary alicyclic amines) is 1. The minimum atomic E-state index is -0.846. The van der Waals surface area contributed by atoms with Crippen molar-refractivity contribution < 1.29 is 24.1 Å². The Kier molecular flexibility index (Phi) is 6.65. The number of ketones is 1. The Bertz CT molecular complexity index is 983. The summed E-state index contributed by atoms with van der Waals surface area (Å²) in [6.45, 7) is 2.17. The highest BCUT2D eigenvalue weighted by atomic mass is 35.5. The molecule has 0 spiro atoms. The number of ether oxygens (including phenoxy) is 3. The molecule has 1 aliphatic carbocycles. The first-order valence-corrected chi connectivity index (χ1v) is 11.3. The third kappa shape index (κ3) is 4.19. The molecule has 7 heteroatoms. The van der Waals surface area contributed by atoms with Crippen molar-refractivity contribution in [1.82, 2.24) is 4.90 Å². The van der Waals surface area contributed by atoms with Crippen LogP contribution in [0.2, 0.25) is 5.02 Å². The molecule has 1 atom stereocenters. The molecule has 1 N–H and O–H groups in total. The van der Waals surface area contributed by atoms with Gasteiger partial charge in [-0.2, -0.15) is 0 Å². The second-order valence-electron chi connectivity index (χ2n) is 8.61. The summed E-state index contributed by atoms with van der Waals surface area (Å²) >= 11 is 5.99. The van der Waals surface area contributed by atoms with Gasteiger partial charge in [-0.3, -0.25) is 4.79 Å². The van der Waals surface area contributed by atoms with E-state index in [2.05, 4.69) is 4.90 Å². The van der Waals surface area contributed by atoms with E-state index in [4.69, 9.17) is 25.8 Å². The van der Waals surface area contributed by atoms with E-state index < -0.39 is 5.60 Å². The highest BCUT2D eigenvalue weighted by Gasteiger charge is 2.37. The summed E-state index contributed by atoms with van der Waals surface area (Å²) in [5.41, 5.74) is 1.60. The van der Waals surface area contributed by atoms with E-state index in [1.807, 2.05) is 24.3 Å². The SMILES string of the molecule is COc1cc2c(c(OC)c1OC)CCC(CN1CCC(O)(c3ccc(Cl)cc3)CC1)C2=O. The monoisotopic (exact) mass is 459 g/mol. The molecule has 0 aromatic heterocycles. The number of hydrogen-bond acceptors (Lipinski definition) is 6. The third-order valence-corrected chi connectivity index (χ3v) is 7.11. The minimum absolute atomic E-state index is 0.0907. The molecule has 0 saturated carbocycles. The van der Waals surface area contributed by atoms with E-state index in [1.165, 1.54) is 0 Å². The van der Waals surface area contributed by atoms with E-state index >= 15 is 0 Å². The summed E-state index contributed by atoms with van der Waals surface area (Å²) in [6.07, 6.45) is 2.77. The zero-order valence-corrected chi connectivity index (χ0v) is 19.6. The minimum Gasteiger partial charge on any atom is -0.493 e. The Morgan fingerprint density at radius 1 is 1.06 bits per heavy atom. The van der Waals surface area contributed by atoms with Crippen LogP contribution >= 0.6 is 11.6 Å². The molecule has 1 saturated heterocycles. The lowest BCUT2D eigenvalue weighted by Crippen LogP contribution is -2.45. The van der Waals surface area contributed by atoms with Gasteiger partial charge in [-0.05, 0) is 49.4 Å². The number of carbonyl (C=O) groups is 1. The average Bonchev–Trinajstić information content (AvgIpc) is 2.81. The summed E-state index contributed by atoms with van der Waals surface area (Å²) in [5.74, 6) is 1.64. The first-order valence-electron chi connectivity index (χ1n) is 11.0. The molecule has 2 aliphatic rings. The second kappa shape index (κ2) is 9.30. The van der Waals surface area contributed by atoms with E-state index in [-0.39, 0.29) is 11.7 Å². The Morgan fingerprint density at radius 2 is 1.72 bits per heavy atom. The smallest absolute Gasteiger partial charge is 0.203 e. The summed E-state index contributed by atoms with van der Waals surface area (Å²) in [6, 6.07) is 9.21. The molecule has 1 unspecified atom stereocenters.